The van der Waals surface area contributed by atoms with Crippen molar-refractivity contribution < 1.29 is 19.4 Å². The zero-order valence-corrected chi connectivity index (χ0v) is 22.5. The molecule has 2 aromatic rings. The minimum Gasteiger partial charge on any atom is -0.491 e. The second-order valence-electron chi connectivity index (χ2n) is 10.5. The molecule has 186 valence electrons. The Morgan fingerprint density at radius 2 is 1.82 bits per heavy atom. The molecule has 3 rings (SSSR count). The van der Waals surface area contributed by atoms with Crippen molar-refractivity contribution in [2.24, 2.45) is 5.41 Å². The predicted molar refractivity (Wildman–Crippen MR) is 138 cm³/mol. The van der Waals surface area contributed by atoms with Gasteiger partial charge in [-0.15, -0.1) is 11.3 Å². The van der Waals surface area contributed by atoms with Gasteiger partial charge in [0, 0.05) is 23.3 Å². The maximum absolute atomic E-state index is 13.1. The first kappa shape index (κ1) is 26.4. The summed E-state index contributed by atoms with van der Waals surface area (Å²) in [6.45, 7) is 15.1. The summed E-state index contributed by atoms with van der Waals surface area (Å²) in [7, 11) is 0. The molecule has 6 heteroatoms. The lowest BCUT2D eigenvalue weighted by Gasteiger charge is -2.32. The number of nitrogens with zero attached hydrogens (tertiary/aromatic N) is 1. The van der Waals surface area contributed by atoms with Crippen molar-refractivity contribution in [2.75, 3.05) is 13.2 Å². The largest absolute Gasteiger partial charge is 0.491 e. The van der Waals surface area contributed by atoms with Crippen molar-refractivity contribution in [1.82, 2.24) is 4.90 Å². The molecule has 0 aliphatic carbocycles. The SMILES string of the molecule is CCC(CC)(c1ccc(OCC(O)C(C)(C)C)c(C)c1)c1cc(C)c(C(=O)N2CCCC2=O)s1. The Hall–Kier alpha value is -2.18. The van der Waals surface area contributed by atoms with Gasteiger partial charge in [-0.25, -0.2) is 0 Å². The number of carbonyl (C=O) groups excluding carboxylic acids is 2. The first-order valence-corrected chi connectivity index (χ1v) is 13.1. The molecule has 2 heterocycles. The average Bonchev–Trinajstić information content (AvgIpc) is 3.39. The highest BCUT2D eigenvalue weighted by molar-refractivity contribution is 7.14. The number of carbonyl (C=O) groups is 2. The number of ether oxygens (including phenoxy) is 1. The average molecular weight is 486 g/mol. The van der Waals surface area contributed by atoms with Gasteiger partial charge in [0.1, 0.15) is 12.4 Å². The highest BCUT2D eigenvalue weighted by Gasteiger charge is 2.36. The first-order valence-electron chi connectivity index (χ1n) is 12.3. The number of likely N-dealkylation sites (tertiary alicyclic amines) is 1. The minimum atomic E-state index is -0.551. The Kier molecular flexibility index (Phi) is 7.93. The number of benzene rings is 1. The van der Waals surface area contributed by atoms with Gasteiger partial charge in [0.15, 0.2) is 0 Å². The number of rotatable bonds is 8. The maximum Gasteiger partial charge on any atom is 0.270 e. The van der Waals surface area contributed by atoms with E-state index in [9.17, 15) is 14.7 Å². The van der Waals surface area contributed by atoms with Crippen molar-refractivity contribution in [3.8, 4) is 5.75 Å². The number of aliphatic hydroxyl groups is 1. The molecule has 1 aliphatic heterocycles. The van der Waals surface area contributed by atoms with Crippen molar-refractivity contribution in [3.05, 3.63) is 50.7 Å². The van der Waals surface area contributed by atoms with Crippen LogP contribution in [0.2, 0.25) is 0 Å². The summed E-state index contributed by atoms with van der Waals surface area (Å²) in [5, 5.41) is 10.3. The lowest BCUT2D eigenvalue weighted by Crippen LogP contribution is -2.32. The summed E-state index contributed by atoms with van der Waals surface area (Å²) in [5.74, 6) is 0.549. The molecule has 1 aromatic carbocycles. The lowest BCUT2D eigenvalue weighted by molar-refractivity contribution is -0.125. The van der Waals surface area contributed by atoms with Gasteiger partial charge in [0.05, 0.1) is 11.0 Å². The van der Waals surface area contributed by atoms with Crippen molar-refractivity contribution in [2.45, 2.75) is 85.7 Å². The van der Waals surface area contributed by atoms with Crippen LogP contribution in [0.5, 0.6) is 5.75 Å². The van der Waals surface area contributed by atoms with Crippen LogP contribution >= 0.6 is 11.3 Å². The number of thiophene rings is 1. The highest BCUT2D eigenvalue weighted by Crippen LogP contribution is 2.44. The first-order chi connectivity index (χ1) is 15.9. The fourth-order valence-electron chi connectivity index (χ4n) is 4.59. The number of imide groups is 1. The van der Waals surface area contributed by atoms with Crippen LogP contribution in [-0.4, -0.2) is 41.1 Å². The minimum absolute atomic E-state index is 0.0700. The molecule has 2 amide bonds. The molecule has 0 spiro atoms. The van der Waals surface area contributed by atoms with E-state index >= 15 is 0 Å². The fourth-order valence-corrected chi connectivity index (χ4v) is 6.07. The molecular formula is C28H39NO4S. The summed E-state index contributed by atoms with van der Waals surface area (Å²) >= 11 is 1.53. The summed E-state index contributed by atoms with van der Waals surface area (Å²) in [6.07, 6.45) is 2.43. The molecule has 1 atom stereocenters. The summed E-state index contributed by atoms with van der Waals surface area (Å²) < 4.78 is 5.96. The monoisotopic (exact) mass is 485 g/mol. The molecule has 0 saturated carbocycles. The van der Waals surface area contributed by atoms with E-state index in [0.717, 1.165) is 41.0 Å². The standard InChI is InChI=1S/C28H39NO4S/c1-8-28(9-2,20-12-13-21(18(3)15-20)33-17-22(30)27(5,6)7)23-16-19(4)25(34-23)26(32)29-14-10-11-24(29)31/h12-13,15-16,22,30H,8-11,14,17H2,1-7H3. The fraction of sp³-hybridized carbons (Fsp3) is 0.571. The molecule has 34 heavy (non-hydrogen) atoms. The molecule has 5 nitrogen and oxygen atoms in total. The number of aliphatic hydroxyl groups excluding tert-OH is 1. The Morgan fingerprint density at radius 1 is 1.15 bits per heavy atom. The number of hydrogen-bond donors (Lipinski definition) is 1. The van der Waals surface area contributed by atoms with E-state index in [1.165, 1.54) is 21.8 Å². The Bertz CT molecular complexity index is 1050. The molecule has 1 unspecified atom stereocenters. The number of aryl methyl sites for hydroxylation is 2. The third-order valence-electron chi connectivity index (χ3n) is 7.23. The molecule has 1 fully saturated rings. The normalized spacial score (nSPS) is 15.6. The van der Waals surface area contributed by atoms with Crippen molar-refractivity contribution >= 4 is 23.2 Å². The van der Waals surface area contributed by atoms with Gasteiger partial charge >= 0.3 is 0 Å². The van der Waals surface area contributed by atoms with Crippen LogP contribution in [0.1, 0.15) is 91.5 Å². The Balaban J connectivity index is 1.91. The molecule has 1 saturated heterocycles. The lowest BCUT2D eigenvalue weighted by atomic mass is 9.74. The summed E-state index contributed by atoms with van der Waals surface area (Å²) in [5.41, 5.74) is 2.69. The second kappa shape index (κ2) is 10.2. The molecule has 1 N–H and O–H groups in total. The third kappa shape index (κ3) is 5.08. The van der Waals surface area contributed by atoms with E-state index in [1.54, 1.807) is 0 Å². The Labute approximate surface area is 208 Å². The summed E-state index contributed by atoms with van der Waals surface area (Å²) in [4.78, 5) is 28.5. The van der Waals surface area contributed by atoms with Crippen LogP contribution in [0.3, 0.4) is 0 Å². The van der Waals surface area contributed by atoms with Gasteiger partial charge in [-0.2, -0.15) is 0 Å². The zero-order chi connectivity index (χ0) is 25.3. The predicted octanol–water partition coefficient (Wildman–Crippen LogP) is 6.02. The van der Waals surface area contributed by atoms with Gasteiger partial charge in [0.25, 0.3) is 5.91 Å². The van der Waals surface area contributed by atoms with Crippen molar-refractivity contribution in [3.63, 3.8) is 0 Å². The van der Waals surface area contributed by atoms with E-state index in [0.29, 0.717) is 17.8 Å². The third-order valence-corrected chi connectivity index (χ3v) is 8.66. The van der Waals surface area contributed by atoms with Crippen LogP contribution in [0, 0.1) is 19.3 Å². The molecule has 1 aromatic heterocycles. The van der Waals surface area contributed by atoms with Crippen molar-refractivity contribution in [1.29, 1.82) is 0 Å². The maximum atomic E-state index is 13.1. The van der Waals surface area contributed by atoms with Crippen LogP contribution in [0.4, 0.5) is 0 Å². The van der Waals surface area contributed by atoms with Crippen LogP contribution in [-0.2, 0) is 10.2 Å². The van der Waals surface area contributed by atoms with Gasteiger partial charge in [-0.05, 0) is 67.3 Å². The van der Waals surface area contributed by atoms with Gasteiger partial charge in [-0.1, -0.05) is 46.8 Å². The van der Waals surface area contributed by atoms with E-state index in [2.05, 4.69) is 32.0 Å². The van der Waals surface area contributed by atoms with Crippen LogP contribution in [0.15, 0.2) is 24.3 Å². The van der Waals surface area contributed by atoms with Crippen LogP contribution < -0.4 is 4.74 Å². The molecular weight excluding hydrogens is 446 g/mol. The number of amides is 2. The zero-order valence-electron chi connectivity index (χ0n) is 21.7. The van der Waals surface area contributed by atoms with Crippen LogP contribution in [0.25, 0.3) is 0 Å². The smallest absolute Gasteiger partial charge is 0.270 e. The second-order valence-corrected chi connectivity index (χ2v) is 11.6. The molecule has 0 radical (unpaired) electrons. The quantitative estimate of drug-likeness (QED) is 0.464. The van der Waals surface area contributed by atoms with E-state index in [-0.39, 0.29) is 29.3 Å². The van der Waals surface area contributed by atoms with E-state index in [4.69, 9.17) is 4.74 Å². The molecule has 0 bridgehead atoms. The summed E-state index contributed by atoms with van der Waals surface area (Å²) in [6, 6.07) is 8.41. The van der Waals surface area contributed by atoms with Gasteiger partial charge in [0.2, 0.25) is 5.91 Å². The van der Waals surface area contributed by atoms with E-state index < -0.39 is 6.10 Å². The topological polar surface area (TPSA) is 66.8 Å². The molecule has 1 aliphatic rings. The van der Waals surface area contributed by atoms with E-state index in [1.807, 2.05) is 40.7 Å². The van der Waals surface area contributed by atoms with Gasteiger partial charge in [-0.3, -0.25) is 14.5 Å². The highest BCUT2D eigenvalue weighted by atomic mass is 32.1. The Morgan fingerprint density at radius 3 is 2.35 bits per heavy atom. The van der Waals surface area contributed by atoms with Gasteiger partial charge < -0.3 is 9.84 Å². The number of hydrogen-bond acceptors (Lipinski definition) is 5.